The molecule has 2 amide bonds. The molecule has 5 aliphatic rings. The Morgan fingerprint density at radius 2 is 1.73 bits per heavy atom. The molecule has 8 nitrogen and oxygen atoms in total. The topological polar surface area (TPSA) is 133 Å². The first-order chi connectivity index (χ1) is 17.7. The Kier molecular flexibility index (Phi) is 6.96. The van der Waals surface area contributed by atoms with E-state index >= 15 is 0 Å². The van der Waals surface area contributed by atoms with Gasteiger partial charge >= 0.3 is 0 Å². The highest BCUT2D eigenvalue weighted by atomic mass is 16.3. The van der Waals surface area contributed by atoms with E-state index in [2.05, 4.69) is 29.7 Å². The van der Waals surface area contributed by atoms with Gasteiger partial charge < -0.3 is 20.8 Å². The van der Waals surface area contributed by atoms with Gasteiger partial charge in [0.15, 0.2) is 5.78 Å². The molecule has 3 aliphatic carbocycles. The average Bonchev–Trinajstić information content (AvgIpc) is 3.47. The first-order valence-electron chi connectivity index (χ1n) is 13.4. The fraction of sp³-hybridized carbons (Fsp3) is 0.586. The number of allylic oxidation sites excluding steroid dienone is 5. The molecule has 5 rings (SSSR count). The van der Waals surface area contributed by atoms with E-state index in [-0.39, 0.29) is 65.6 Å². The Morgan fingerprint density at radius 1 is 1.00 bits per heavy atom. The van der Waals surface area contributed by atoms with Crippen molar-refractivity contribution in [3.05, 3.63) is 47.8 Å². The summed E-state index contributed by atoms with van der Waals surface area (Å²) in [6.07, 6.45) is 12.7. The molecule has 0 radical (unpaired) electrons. The van der Waals surface area contributed by atoms with E-state index in [0.29, 0.717) is 24.2 Å². The summed E-state index contributed by atoms with van der Waals surface area (Å²) in [4.78, 5) is 50.1. The van der Waals surface area contributed by atoms with E-state index in [9.17, 15) is 29.4 Å². The number of carbonyl (C=O) groups excluding carboxylic acids is 4. The Balaban J connectivity index is 1.47. The van der Waals surface area contributed by atoms with E-state index in [1.165, 1.54) is 12.2 Å². The number of hydrogen-bond donors (Lipinski definition) is 4. The van der Waals surface area contributed by atoms with Crippen LogP contribution in [0, 0.1) is 47.3 Å². The summed E-state index contributed by atoms with van der Waals surface area (Å²) in [7, 11) is 0. The lowest BCUT2D eigenvalue weighted by Crippen LogP contribution is -2.42. The lowest BCUT2D eigenvalue weighted by molar-refractivity contribution is -0.123. The van der Waals surface area contributed by atoms with Crippen LogP contribution in [0.5, 0.6) is 0 Å². The third-order valence-corrected chi connectivity index (χ3v) is 9.43. The van der Waals surface area contributed by atoms with Crippen LogP contribution >= 0.6 is 0 Å². The third-order valence-electron chi connectivity index (χ3n) is 9.43. The van der Waals surface area contributed by atoms with Crippen LogP contribution in [0.1, 0.15) is 39.5 Å². The minimum Gasteiger partial charge on any atom is -0.507 e. The summed E-state index contributed by atoms with van der Waals surface area (Å²) in [5.74, 6) is 0.217. The summed E-state index contributed by atoms with van der Waals surface area (Å²) >= 11 is 0. The second-order valence-electron chi connectivity index (χ2n) is 11.5. The number of amides is 2. The fourth-order valence-corrected chi connectivity index (χ4v) is 7.84. The number of rotatable bonds is 1. The minimum atomic E-state index is -1.18. The van der Waals surface area contributed by atoms with Crippen molar-refractivity contribution >= 4 is 23.4 Å². The van der Waals surface area contributed by atoms with Crippen molar-refractivity contribution in [2.75, 3.05) is 6.54 Å². The second kappa shape index (κ2) is 10.0. The minimum absolute atomic E-state index is 0.0530. The molecular weight excluding hydrogens is 472 g/mol. The van der Waals surface area contributed by atoms with Crippen molar-refractivity contribution in [3.8, 4) is 0 Å². The van der Waals surface area contributed by atoms with Gasteiger partial charge in [-0.15, -0.1) is 0 Å². The third kappa shape index (κ3) is 4.60. The Bertz CT molecular complexity index is 1120. The molecule has 10 unspecified atom stereocenters. The predicted molar refractivity (Wildman–Crippen MR) is 136 cm³/mol. The number of ketones is 2. The Labute approximate surface area is 217 Å². The van der Waals surface area contributed by atoms with Crippen molar-refractivity contribution in [1.29, 1.82) is 0 Å². The lowest BCUT2D eigenvalue weighted by atomic mass is 9.69. The quantitative estimate of drug-likeness (QED) is 0.317. The first-order valence-corrected chi connectivity index (χ1v) is 13.4. The highest BCUT2D eigenvalue weighted by molar-refractivity contribution is 6.27. The van der Waals surface area contributed by atoms with Crippen molar-refractivity contribution in [3.63, 3.8) is 0 Å². The predicted octanol–water partition coefficient (Wildman–Crippen LogP) is 2.17. The lowest BCUT2D eigenvalue weighted by Gasteiger charge is -2.35. The molecule has 3 fully saturated rings. The van der Waals surface area contributed by atoms with Crippen LogP contribution in [0.15, 0.2) is 47.8 Å². The molecule has 2 aliphatic heterocycles. The maximum atomic E-state index is 12.8. The molecule has 4 N–H and O–H groups in total. The smallest absolute Gasteiger partial charge is 0.259 e. The summed E-state index contributed by atoms with van der Waals surface area (Å²) < 4.78 is 0. The number of aliphatic hydroxyl groups is 2. The van der Waals surface area contributed by atoms with Crippen molar-refractivity contribution in [2.45, 2.75) is 51.7 Å². The van der Waals surface area contributed by atoms with Gasteiger partial charge in [0.2, 0.25) is 5.91 Å². The van der Waals surface area contributed by atoms with E-state index in [0.717, 1.165) is 12.8 Å². The monoisotopic (exact) mass is 508 g/mol. The van der Waals surface area contributed by atoms with E-state index in [4.69, 9.17) is 0 Å². The van der Waals surface area contributed by atoms with Crippen LogP contribution in [0.2, 0.25) is 0 Å². The standard InChI is InChI=1S/C29H36N2O6/c1-14-12-20-19(25(14)15(2)32)8-7-18-17-4-3-5-24(35)30-11-10-23(34)27-28(36)26(29(37)31-27)22(33)9-6-16(17)13-21(18)20/h3,5-9,14,16-21,23,25,27,33-34H,4,10-13H2,1-2H3,(H,30,35)(H,31,37). The molecule has 2 bridgehead atoms. The van der Waals surface area contributed by atoms with Crippen molar-refractivity contribution < 1.29 is 29.4 Å². The maximum Gasteiger partial charge on any atom is 0.259 e. The van der Waals surface area contributed by atoms with Crippen LogP contribution in [0.25, 0.3) is 0 Å². The first kappa shape index (κ1) is 25.6. The molecule has 0 spiro atoms. The summed E-state index contributed by atoms with van der Waals surface area (Å²) in [5.41, 5.74) is -0.336. The van der Waals surface area contributed by atoms with Crippen LogP contribution in [0.3, 0.4) is 0 Å². The Hall–Kier alpha value is -3.00. The highest BCUT2D eigenvalue weighted by Crippen LogP contribution is 2.58. The van der Waals surface area contributed by atoms with Gasteiger partial charge in [-0.3, -0.25) is 19.2 Å². The second-order valence-corrected chi connectivity index (χ2v) is 11.5. The van der Waals surface area contributed by atoms with Gasteiger partial charge in [0, 0.05) is 12.5 Å². The number of nitrogens with one attached hydrogen (secondary N) is 2. The summed E-state index contributed by atoms with van der Waals surface area (Å²) in [5, 5.41) is 26.3. The fourth-order valence-electron chi connectivity index (χ4n) is 7.84. The SMILES string of the molecule is CC(=O)C1C(C)CC2C1C=CC1C3CC=CC(=O)NCCC(O)C4NC(=O)C(=C(O)C=CC3CC12)C4=O. The Morgan fingerprint density at radius 3 is 2.49 bits per heavy atom. The molecule has 8 heteroatoms. The molecular formula is C29H36N2O6. The molecule has 10 atom stereocenters. The molecule has 1 saturated heterocycles. The van der Waals surface area contributed by atoms with Gasteiger partial charge in [-0.2, -0.15) is 0 Å². The molecule has 0 aromatic carbocycles. The number of Topliss-reactive ketones (excluding diaryl/α,β-unsaturated/α-hetero) is 2. The van der Waals surface area contributed by atoms with E-state index in [1.54, 1.807) is 6.92 Å². The summed E-state index contributed by atoms with van der Waals surface area (Å²) in [6.45, 7) is 4.01. The zero-order valence-corrected chi connectivity index (χ0v) is 21.3. The zero-order chi connectivity index (χ0) is 26.4. The maximum absolute atomic E-state index is 12.8. The largest absolute Gasteiger partial charge is 0.507 e. The van der Waals surface area contributed by atoms with Gasteiger partial charge in [0.05, 0.1) is 6.10 Å². The van der Waals surface area contributed by atoms with Crippen LogP contribution in [-0.2, 0) is 19.2 Å². The molecule has 2 heterocycles. The molecule has 2 saturated carbocycles. The molecule has 0 aromatic heterocycles. The van der Waals surface area contributed by atoms with Gasteiger partial charge in [-0.1, -0.05) is 31.2 Å². The van der Waals surface area contributed by atoms with Crippen LogP contribution in [0.4, 0.5) is 0 Å². The number of fused-ring (bicyclic) bond motifs is 7. The van der Waals surface area contributed by atoms with E-state index < -0.39 is 23.8 Å². The number of aliphatic hydroxyl groups excluding tert-OH is 2. The van der Waals surface area contributed by atoms with Gasteiger partial charge in [0.25, 0.3) is 5.91 Å². The molecule has 0 aromatic rings. The van der Waals surface area contributed by atoms with Gasteiger partial charge in [0.1, 0.15) is 23.2 Å². The van der Waals surface area contributed by atoms with Crippen LogP contribution in [-0.4, -0.2) is 52.3 Å². The normalized spacial score (nSPS) is 41.8. The molecule has 198 valence electrons. The van der Waals surface area contributed by atoms with Crippen molar-refractivity contribution in [2.24, 2.45) is 47.3 Å². The highest BCUT2D eigenvalue weighted by Gasteiger charge is 2.53. The number of carbonyl (C=O) groups is 4. The van der Waals surface area contributed by atoms with E-state index in [1.807, 2.05) is 12.2 Å². The average molecular weight is 509 g/mol. The molecule has 37 heavy (non-hydrogen) atoms. The van der Waals surface area contributed by atoms with Crippen LogP contribution < -0.4 is 10.6 Å². The summed E-state index contributed by atoms with van der Waals surface area (Å²) in [6, 6.07) is -1.15. The van der Waals surface area contributed by atoms with Gasteiger partial charge in [-0.05, 0) is 86.2 Å². The van der Waals surface area contributed by atoms with Crippen molar-refractivity contribution in [1.82, 2.24) is 10.6 Å². The van der Waals surface area contributed by atoms with Gasteiger partial charge in [-0.25, -0.2) is 0 Å². The zero-order valence-electron chi connectivity index (χ0n) is 21.3. The number of hydrogen-bond acceptors (Lipinski definition) is 6.